The second kappa shape index (κ2) is 18.9. The Labute approximate surface area is 266 Å². The fourth-order valence-electron chi connectivity index (χ4n) is 7.05. The maximum atomic E-state index is 12.7. The van der Waals surface area contributed by atoms with Crippen molar-refractivity contribution in [2.24, 2.45) is 23.7 Å². The molecule has 2 aromatic carbocycles. The molecule has 2 saturated carbocycles. The highest BCUT2D eigenvalue weighted by Crippen LogP contribution is 2.35. The number of ether oxygens (including phenoxy) is 3. The minimum atomic E-state index is -0.428. The van der Waals surface area contributed by atoms with Crippen LogP contribution in [0.5, 0.6) is 17.2 Å². The molecule has 0 radical (unpaired) electrons. The van der Waals surface area contributed by atoms with Gasteiger partial charge in [0, 0.05) is 0 Å². The summed E-state index contributed by atoms with van der Waals surface area (Å²) in [7, 11) is 0. The monoisotopic (exact) mass is 604 g/mol. The lowest BCUT2D eigenvalue weighted by Crippen LogP contribution is -2.25. The van der Waals surface area contributed by atoms with Gasteiger partial charge in [0.05, 0.1) is 18.1 Å². The molecule has 0 N–H and O–H groups in total. The number of hydrogen-bond donors (Lipinski definition) is 0. The number of rotatable bonds is 17. The van der Waals surface area contributed by atoms with E-state index >= 15 is 0 Å². The van der Waals surface area contributed by atoms with Crippen molar-refractivity contribution in [2.75, 3.05) is 6.61 Å². The Hall–Kier alpha value is -2.82. The maximum Gasteiger partial charge on any atom is 0.343 e. The first kappa shape index (κ1) is 34.1. The summed E-state index contributed by atoms with van der Waals surface area (Å²) < 4.78 is 17.2. The van der Waals surface area contributed by atoms with Crippen LogP contribution in [-0.4, -0.2) is 18.5 Å². The fraction of sp³-hybridized carbons (Fsp3) is 0.641. The lowest BCUT2D eigenvalue weighted by Gasteiger charge is -2.28. The van der Waals surface area contributed by atoms with Gasteiger partial charge in [0.25, 0.3) is 0 Å². The third-order valence-electron chi connectivity index (χ3n) is 9.95. The smallest absolute Gasteiger partial charge is 0.343 e. The number of benzene rings is 2. The molecule has 0 aliphatic heterocycles. The van der Waals surface area contributed by atoms with E-state index in [1.54, 1.807) is 36.4 Å². The van der Waals surface area contributed by atoms with E-state index in [1.165, 1.54) is 83.5 Å². The van der Waals surface area contributed by atoms with Gasteiger partial charge in [-0.3, -0.25) is 4.79 Å². The van der Waals surface area contributed by atoms with Crippen LogP contribution in [0.4, 0.5) is 0 Å². The van der Waals surface area contributed by atoms with Crippen LogP contribution >= 0.6 is 0 Å². The lowest BCUT2D eigenvalue weighted by atomic mass is 9.78. The molecule has 0 saturated heterocycles. The Morgan fingerprint density at radius 3 is 1.55 bits per heavy atom. The molecular weight excluding hydrogens is 548 g/mol. The predicted molar refractivity (Wildman–Crippen MR) is 177 cm³/mol. The van der Waals surface area contributed by atoms with Gasteiger partial charge in [-0.05, 0) is 105 Å². The molecule has 2 aliphatic rings. The number of esters is 2. The summed E-state index contributed by atoms with van der Waals surface area (Å²) in [6.07, 6.45) is 22.6. The Kier molecular flexibility index (Phi) is 14.6. The average Bonchev–Trinajstić information content (AvgIpc) is 3.05. The molecule has 0 spiro atoms. The third-order valence-corrected chi connectivity index (χ3v) is 9.95. The van der Waals surface area contributed by atoms with Crippen molar-refractivity contribution in [3.8, 4) is 17.2 Å². The van der Waals surface area contributed by atoms with Gasteiger partial charge in [-0.25, -0.2) is 4.79 Å². The molecule has 242 valence electrons. The molecule has 0 aromatic heterocycles. The van der Waals surface area contributed by atoms with Gasteiger partial charge in [0.2, 0.25) is 0 Å². The normalized spacial score (nSPS) is 21.9. The fourth-order valence-corrected chi connectivity index (χ4v) is 7.05. The molecule has 0 amide bonds. The summed E-state index contributed by atoms with van der Waals surface area (Å²) >= 11 is 0. The van der Waals surface area contributed by atoms with Crippen LogP contribution in [0.1, 0.15) is 140 Å². The zero-order valence-corrected chi connectivity index (χ0v) is 27.4. The molecule has 44 heavy (non-hydrogen) atoms. The maximum absolute atomic E-state index is 12.7. The van der Waals surface area contributed by atoms with Gasteiger partial charge in [-0.15, -0.1) is 0 Å². The first-order chi connectivity index (χ1) is 21.5. The molecular formula is C39H56O5. The molecule has 0 heterocycles. The second-order valence-electron chi connectivity index (χ2n) is 13.4. The highest BCUT2D eigenvalue weighted by Gasteiger charge is 2.27. The lowest BCUT2D eigenvalue weighted by molar-refractivity contribution is -0.140. The van der Waals surface area contributed by atoms with Crippen molar-refractivity contribution in [2.45, 2.75) is 129 Å². The predicted octanol–water partition coefficient (Wildman–Crippen LogP) is 10.7. The SMILES string of the molecule is CCCCC[C@H]1CC[C@H](CCCOc2ccc(C(=O)Oc3ccc(OC(=O)[C@H]4CC[C@H](CCCCC)CC4)cc3)cc2)CC1. The van der Waals surface area contributed by atoms with E-state index in [-0.39, 0.29) is 11.9 Å². The van der Waals surface area contributed by atoms with Crippen molar-refractivity contribution in [3.63, 3.8) is 0 Å². The largest absolute Gasteiger partial charge is 0.494 e. The number of unbranched alkanes of at least 4 members (excludes halogenated alkanes) is 4. The quantitative estimate of drug-likeness (QED) is 0.102. The summed E-state index contributed by atoms with van der Waals surface area (Å²) in [5, 5.41) is 0. The first-order valence-corrected chi connectivity index (χ1v) is 17.8. The van der Waals surface area contributed by atoms with E-state index in [1.807, 2.05) is 12.1 Å². The van der Waals surface area contributed by atoms with Gasteiger partial charge < -0.3 is 14.2 Å². The summed E-state index contributed by atoms with van der Waals surface area (Å²) in [5.74, 6) is 3.64. The topological polar surface area (TPSA) is 61.8 Å². The number of carbonyl (C=O) groups is 2. The average molecular weight is 605 g/mol. The third kappa shape index (κ3) is 11.6. The summed E-state index contributed by atoms with van der Waals surface area (Å²) in [5.41, 5.74) is 0.467. The summed E-state index contributed by atoms with van der Waals surface area (Å²) in [6.45, 7) is 5.22. The van der Waals surface area contributed by atoms with Gasteiger partial charge in [-0.2, -0.15) is 0 Å². The second-order valence-corrected chi connectivity index (χ2v) is 13.4. The van der Waals surface area contributed by atoms with Gasteiger partial charge in [0.1, 0.15) is 17.2 Å². The zero-order valence-electron chi connectivity index (χ0n) is 27.4. The van der Waals surface area contributed by atoms with Crippen molar-refractivity contribution >= 4 is 11.9 Å². The van der Waals surface area contributed by atoms with Gasteiger partial charge in [-0.1, -0.05) is 90.9 Å². The van der Waals surface area contributed by atoms with Gasteiger partial charge >= 0.3 is 11.9 Å². The zero-order chi connectivity index (χ0) is 31.0. The highest BCUT2D eigenvalue weighted by molar-refractivity contribution is 5.91. The van der Waals surface area contributed by atoms with Crippen LogP contribution in [0.2, 0.25) is 0 Å². The van der Waals surface area contributed by atoms with E-state index in [4.69, 9.17) is 14.2 Å². The van der Waals surface area contributed by atoms with Crippen LogP contribution in [0, 0.1) is 23.7 Å². The van der Waals surface area contributed by atoms with E-state index < -0.39 is 5.97 Å². The minimum Gasteiger partial charge on any atom is -0.494 e. The molecule has 5 nitrogen and oxygen atoms in total. The van der Waals surface area contributed by atoms with Gasteiger partial charge in [0.15, 0.2) is 0 Å². The Bertz CT molecular complexity index is 1090. The molecule has 4 rings (SSSR count). The molecule has 2 aliphatic carbocycles. The standard InChI is InChI=1S/C39H56O5/c1-3-5-7-10-30-13-15-32(16-14-30)12-9-29-42-35-23-21-34(22-24-35)39(41)44-37-27-25-36(26-28-37)43-38(40)33-19-17-31(18-20-33)11-8-6-4-2/h21-28,30-33H,3-20,29H2,1-2H3/t30-,31-,32-,33-. The molecule has 2 aromatic rings. The molecule has 0 atom stereocenters. The molecule has 0 bridgehead atoms. The molecule has 5 heteroatoms. The van der Waals surface area contributed by atoms with Crippen LogP contribution in [0.25, 0.3) is 0 Å². The van der Waals surface area contributed by atoms with Crippen molar-refractivity contribution < 1.29 is 23.8 Å². The van der Waals surface area contributed by atoms with E-state index in [2.05, 4.69) is 13.8 Å². The van der Waals surface area contributed by atoms with Crippen molar-refractivity contribution in [1.82, 2.24) is 0 Å². The molecule has 0 unspecified atom stereocenters. The van der Waals surface area contributed by atoms with E-state index in [9.17, 15) is 9.59 Å². The minimum absolute atomic E-state index is 0.0215. The van der Waals surface area contributed by atoms with E-state index in [0.29, 0.717) is 23.7 Å². The van der Waals surface area contributed by atoms with Crippen LogP contribution < -0.4 is 14.2 Å². The summed E-state index contributed by atoms with van der Waals surface area (Å²) in [6, 6.07) is 13.9. The van der Waals surface area contributed by atoms with Crippen LogP contribution in [-0.2, 0) is 4.79 Å². The van der Waals surface area contributed by atoms with Crippen molar-refractivity contribution in [3.05, 3.63) is 54.1 Å². The molecule has 2 fully saturated rings. The van der Waals surface area contributed by atoms with E-state index in [0.717, 1.165) is 55.6 Å². The Morgan fingerprint density at radius 1 is 0.568 bits per heavy atom. The summed E-state index contributed by atoms with van der Waals surface area (Å²) in [4.78, 5) is 25.4. The van der Waals surface area contributed by atoms with Crippen LogP contribution in [0.15, 0.2) is 48.5 Å². The highest BCUT2D eigenvalue weighted by atomic mass is 16.5. The Morgan fingerprint density at radius 2 is 1.02 bits per heavy atom. The number of hydrogen-bond acceptors (Lipinski definition) is 5. The Balaban J connectivity index is 1.11. The van der Waals surface area contributed by atoms with Crippen molar-refractivity contribution in [1.29, 1.82) is 0 Å². The number of carbonyl (C=O) groups excluding carboxylic acids is 2. The van der Waals surface area contributed by atoms with Crippen LogP contribution in [0.3, 0.4) is 0 Å². The first-order valence-electron chi connectivity index (χ1n) is 17.8.